The van der Waals surface area contributed by atoms with E-state index in [-0.39, 0.29) is 24.2 Å². The Morgan fingerprint density at radius 1 is 1.08 bits per heavy atom. The molecule has 0 N–H and O–H groups in total. The standard InChI is InChI=1S/C19H13BrFNO2S/c20-13-6-5-12(9-14(23)11-18-22-7-8-25-18)16(10-13)19(24)15-3-1-2-4-17(15)21/h1-8,10H,9,11H2. The van der Waals surface area contributed by atoms with Crippen molar-refractivity contribution in [3.63, 3.8) is 0 Å². The van der Waals surface area contributed by atoms with Crippen LogP contribution < -0.4 is 0 Å². The van der Waals surface area contributed by atoms with E-state index in [0.717, 1.165) is 5.01 Å². The fraction of sp³-hybridized carbons (Fsp3) is 0.105. The van der Waals surface area contributed by atoms with Gasteiger partial charge in [0.05, 0.1) is 17.0 Å². The summed E-state index contributed by atoms with van der Waals surface area (Å²) in [7, 11) is 0. The van der Waals surface area contributed by atoms with E-state index in [1.165, 1.54) is 29.5 Å². The van der Waals surface area contributed by atoms with E-state index in [4.69, 9.17) is 0 Å². The van der Waals surface area contributed by atoms with Gasteiger partial charge >= 0.3 is 0 Å². The molecule has 0 atom stereocenters. The summed E-state index contributed by atoms with van der Waals surface area (Å²) >= 11 is 4.75. The molecular weight excluding hydrogens is 405 g/mol. The van der Waals surface area contributed by atoms with E-state index >= 15 is 0 Å². The smallest absolute Gasteiger partial charge is 0.196 e. The number of benzene rings is 2. The number of carbonyl (C=O) groups excluding carboxylic acids is 2. The molecule has 3 aromatic rings. The van der Waals surface area contributed by atoms with Gasteiger partial charge in [0.1, 0.15) is 11.6 Å². The van der Waals surface area contributed by atoms with Crippen LogP contribution in [0.4, 0.5) is 4.39 Å². The van der Waals surface area contributed by atoms with Crippen molar-refractivity contribution < 1.29 is 14.0 Å². The molecule has 0 aliphatic heterocycles. The highest BCUT2D eigenvalue weighted by Gasteiger charge is 2.19. The maximum absolute atomic E-state index is 14.0. The van der Waals surface area contributed by atoms with E-state index in [1.807, 2.05) is 5.38 Å². The quantitative estimate of drug-likeness (QED) is 0.549. The molecule has 0 saturated heterocycles. The molecule has 0 amide bonds. The summed E-state index contributed by atoms with van der Waals surface area (Å²) in [5.41, 5.74) is 0.902. The molecule has 3 nitrogen and oxygen atoms in total. The Labute approximate surface area is 156 Å². The zero-order valence-electron chi connectivity index (χ0n) is 13.0. The van der Waals surface area contributed by atoms with Crippen LogP contribution in [0, 0.1) is 5.82 Å². The number of rotatable bonds is 6. The lowest BCUT2D eigenvalue weighted by Gasteiger charge is -2.10. The van der Waals surface area contributed by atoms with Gasteiger partial charge < -0.3 is 0 Å². The molecule has 0 aliphatic carbocycles. The zero-order valence-corrected chi connectivity index (χ0v) is 15.4. The molecule has 126 valence electrons. The van der Waals surface area contributed by atoms with Gasteiger partial charge in [-0.3, -0.25) is 9.59 Å². The predicted octanol–water partition coefficient (Wildman–Crippen LogP) is 4.63. The van der Waals surface area contributed by atoms with Crippen molar-refractivity contribution in [2.75, 3.05) is 0 Å². The van der Waals surface area contributed by atoms with Crippen LogP contribution in [0.3, 0.4) is 0 Å². The second-order valence-electron chi connectivity index (χ2n) is 5.43. The maximum Gasteiger partial charge on any atom is 0.196 e. The van der Waals surface area contributed by atoms with E-state index in [9.17, 15) is 14.0 Å². The van der Waals surface area contributed by atoms with Gasteiger partial charge in [-0.05, 0) is 29.8 Å². The number of carbonyl (C=O) groups is 2. The molecule has 6 heteroatoms. The summed E-state index contributed by atoms with van der Waals surface area (Å²) in [6, 6.07) is 11.0. The highest BCUT2D eigenvalue weighted by molar-refractivity contribution is 9.10. The van der Waals surface area contributed by atoms with E-state index in [0.29, 0.717) is 15.6 Å². The minimum Gasteiger partial charge on any atom is -0.299 e. The Kier molecular flexibility index (Phi) is 5.50. The van der Waals surface area contributed by atoms with Gasteiger partial charge in [0.25, 0.3) is 0 Å². The van der Waals surface area contributed by atoms with Crippen molar-refractivity contribution in [2.45, 2.75) is 12.8 Å². The first-order chi connectivity index (χ1) is 12.0. The van der Waals surface area contributed by atoms with Crippen molar-refractivity contribution in [1.29, 1.82) is 0 Å². The van der Waals surface area contributed by atoms with E-state index in [2.05, 4.69) is 20.9 Å². The SMILES string of the molecule is O=C(Cc1nccs1)Cc1ccc(Br)cc1C(=O)c1ccccc1F. The van der Waals surface area contributed by atoms with Crippen LogP contribution in [-0.2, 0) is 17.6 Å². The van der Waals surface area contributed by atoms with Crippen molar-refractivity contribution in [3.05, 3.63) is 86.0 Å². The molecule has 3 rings (SSSR count). The van der Waals surface area contributed by atoms with Crippen LogP contribution in [-0.4, -0.2) is 16.6 Å². The Balaban J connectivity index is 1.89. The first-order valence-electron chi connectivity index (χ1n) is 7.52. The van der Waals surface area contributed by atoms with E-state index in [1.54, 1.807) is 30.5 Å². The lowest BCUT2D eigenvalue weighted by Crippen LogP contribution is -2.12. The third-order valence-electron chi connectivity index (χ3n) is 3.65. The van der Waals surface area contributed by atoms with Gasteiger partial charge in [-0.2, -0.15) is 0 Å². The van der Waals surface area contributed by atoms with Crippen molar-refractivity contribution in [3.8, 4) is 0 Å². The maximum atomic E-state index is 14.0. The molecule has 0 saturated carbocycles. The number of aromatic nitrogens is 1. The fourth-order valence-corrected chi connectivity index (χ4v) is 3.49. The van der Waals surface area contributed by atoms with Crippen LogP contribution in [0.5, 0.6) is 0 Å². The number of Topliss-reactive ketones (excluding diaryl/α,β-unsaturated/α-hetero) is 1. The second kappa shape index (κ2) is 7.80. The average Bonchev–Trinajstić information content (AvgIpc) is 3.09. The molecule has 0 bridgehead atoms. The van der Waals surface area contributed by atoms with Gasteiger partial charge in [-0.1, -0.05) is 34.1 Å². The van der Waals surface area contributed by atoms with Gasteiger partial charge in [-0.25, -0.2) is 9.37 Å². The zero-order chi connectivity index (χ0) is 17.8. The third-order valence-corrected chi connectivity index (χ3v) is 4.93. The van der Waals surface area contributed by atoms with Gasteiger partial charge in [-0.15, -0.1) is 11.3 Å². The Hall–Kier alpha value is -2.18. The number of halogens is 2. The topological polar surface area (TPSA) is 47.0 Å². The summed E-state index contributed by atoms with van der Waals surface area (Å²) in [5, 5.41) is 2.55. The molecule has 2 aromatic carbocycles. The van der Waals surface area contributed by atoms with E-state index < -0.39 is 11.6 Å². The largest absolute Gasteiger partial charge is 0.299 e. The van der Waals surface area contributed by atoms with Gasteiger partial charge in [0.15, 0.2) is 5.78 Å². The normalized spacial score (nSPS) is 10.6. The molecule has 0 unspecified atom stereocenters. The summed E-state index contributed by atoms with van der Waals surface area (Å²) in [4.78, 5) is 29.2. The highest BCUT2D eigenvalue weighted by atomic mass is 79.9. The molecule has 1 aromatic heterocycles. The Morgan fingerprint density at radius 2 is 1.88 bits per heavy atom. The summed E-state index contributed by atoms with van der Waals surface area (Å²) in [5.74, 6) is -1.05. The number of thiazole rings is 1. The molecule has 0 aliphatic rings. The van der Waals surface area contributed by atoms with Crippen LogP contribution in [0.2, 0.25) is 0 Å². The first kappa shape index (κ1) is 17.6. The summed E-state index contributed by atoms with van der Waals surface area (Å²) in [6.07, 6.45) is 1.98. The lowest BCUT2D eigenvalue weighted by atomic mass is 9.95. The van der Waals surface area contributed by atoms with Crippen molar-refractivity contribution in [1.82, 2.24) is 4.98 Å². The molecule has 25 heavy (non-hydrogen) atoms. The number of hydrogen-bond donors (Lipinski definition) is 0. The third kappa shape index (κ3) is 4.27. The Morgan fingerprint density at radius 3 is 2.60 bits per heavy atom. The predicted molar refractivity (Wildman–Crippen MR) is 98.5 cm³/mol. The number of nitrogens with zero attached hydrogens (tertiary/aromatic N) is 1. The highest BCUT2D eigenvalue weighted by Crippen LogP contribution is 2.22. The average molecular weight is 418 g/mol. The van der Waals surface area contributed by atoms with Crippen LogP contribution in [0.1, 0.15) is 26.5 Å². The number of hydrogen-bond acceptors (Lipinski definition) is 4. The monoisotopic (exact) mass is 417 g/mol. The summed E-state index contributed by atoms with van der Waals surface area (Å²) in [6.45, 7) is 0. The summed E-state index contributed by atoms with van der Waals surface area (Å²) < 4.78 is 14.7. The lowest BCUT2D eigenvalue weighted by molar-refractivity contribution is -0.117. The van der Waals surface area contributed by atoms with Crippen molar-refractivity contribution >= 4 is 38.8 Å². The molecule has 0 radical (unpaired) electrons. The fourth-order valence-electron chi connectivity index (χ4n) is 2.49. The van der Waals surface area contributed by atoms with Gasteiger partial charge in [0, 0.05) is 28.0 Å². The van der Waals surface area contributed by atoms with Crippen LogP contribution in [0.25, 0.3) is 0 Å². The molecule has 0 spiro atoms. The van der Waals surface area contributed by atoms with Gasteiger partial charge in [0.2, 0.25) is 0 Å². The number of ketones is 2. The molecule has 0 fully saturated rings. The van der Waals surface area contributed by atoms with Crippen LogP contribution in [0.15, 0.2) is 58.5 Å². The first-order valence-corrected chi connectivity index (χ1v) is 9.19. The minimum absolute atomic E-state index is 0.00535. The minimum atomic E-state index is -0.576. The molecular formula is C19H13BrFNO2S. The Bertz CT molecular complexity index is 925. The second-order valence-corrected chi connectivity index (χ2v) is 7.32. The molecule has 1 heterocycles. The van der Waals surface area contributed by atoms with Crippen molar-refractivity contribution in [2.24, 2.45) is 0 Å². The van der Waals surface area contributed by atoms with Crippen LogP contribution >= 0.6 is 27.3 Å².